The average molecular weight is 329 g/mol. The molecule has 23 heavy (non-hydrogen) atoms. The number of nitrogens with zero attached hydrogens (tertiary/aromatic N) is 1. The highest BCUT2D eigenvalue weighted by Crippen LogP contribution is 2.53. The summed E-state index contributed by atoms with van der Waals surface area (Å²) in [5, 5.41) is 0. The van der Waals surface area contributed by atoms with Gasteiger partial charge in [0.15, 0.2) is 0 Å². The number of hydrogen-bond donors (Lipinski definition) is 0. The van der Waals surface area contributed by atoms with Crippen molar-refractivity contribution in [3.05, 3.63) is 66.2 Å². The summed E-state index contributed by atoms with van der Waals surface area (Å²) >= 11 is 0. The molecule has 0 aliphatic heterocycles. The maximum Gasteiger partial charge on any atom is 0.242 e. The van der Waals surface area contributed by atoms with E-state index < -0.39 is 15.4 Å². The van der Waals surface area contributed by atoms with Gasteiger partial charge in [0.05, 0.1) is 4.90 Å². The Morgan fingerprint density at radius 2 is 1.65 bits per heavy atom. The van der Waals surface area contributed by atoms with E-state index in [0.29, 0.717) is 13.0 Å². The minimum atomic E-state index is -3.55. The monoisotopic (exact) mass is 329 g/mol. The number of rotatable bonds is 6. The van der Waals surface area contributed by atoms with E-state index in [-0.39, 0.29) is 10.8 Å². The van der Waals surface area contributed by atoms with Crippen LogP contribution in [0.3, 0.4) is 0 Å². The van der Waals surface area contributed by atoms with E-state index in [1.165, 1.54) is 4.31 Å². The highest BCUT2D eigenvalue weighted by Gasteiger charge is 2.56. The second-order valence-corrected chi connectivity index (χ2v) is 8.09. The molecule has 0 radical (unpaired) electrons. The van der Waals surface area contributed by atoms with E-state index in [9.17, 15) is 13.2 Å². The van der Waals surface area contributed by atoms with Crippen LogP contribution >= 0.6 is 0 Å². The summed E-state index contributed by atoms with van der Waals surface area (Å²) in [6.45, 7) is 0.303. The Balaban J connectivity index is 1.89. The second kappa shape index (κ2) is 5.91. The molecular weight excluding hydrogens is 310 g/mol. The van der Waals surface area contributed by atoms with Crippen LogP contribution in [0, 0.1) is 5.92 Å². The molecule has 2 aromatic carbocycles. The van der Waals surface area contributed by atoms with Crippen molar-refractivity contribution in [3.63, 3.8) is 0 Å². The Morgan fingerprint density at radius 1 is 1.09 bits per heavy atom. The minimum Gasteiger partial charge on any atom is -0.303 e. The summed E-state index contributed by atoms with van der Waals surface area (Å²) in [6, 6.07) is 18.1. The van der Waals surface area contributed by atoms with Gasteiger partial charge in [-0.1, -0.05) is 48.5 Å². The van der Waals surface area contributed by atoms with Crippen LogP contribution < -0.4 is 0 Å². The van der Waals surface area contributed by atoms with Crippen molar-refractivity contribution >= 4 is 16.3 Å². The van der Waals surface area contributed by atoms with Gasteiger partial charge in [-0.15, -0.1) is 0 Å². The molecule has 5 heteroatoms. The number of sulfonamides is 1. The van der Waals surface area contributed by atoms with Gasteiger partial charge in [0.1, 0.15) is 6.29 Å². The third-order valence-electron chi connectivity index (χ3n) is 4.60. The molecule has 1 fully saturated rings. The van der Waals surface area contributed by atoms with Crippen LogP contribution in [0.4, 0.5) is 0 Å². The quantitative estimate of drug-likeness (QED) is 0.765. The van der Waals surface area contributed by atoms with Gasteiger partial charge in [-0.2, -0.15) is 0 Å². The van der Waals surface area contributed by atoms with E-state index in [4.69, 9.17) is 0 Å². The molecule has 4 nitrogen and oxygen atoms in total. The molecule has 0 N–H and O–H groups in total. The lowest BCUT2D eigenvalue weighted by Crippen LogP contribution is -2.35. The lowest BCUT2D eigenvalue weighted by Gasteiger charge is -2.24. The van der Waals surface area contributed by atoms with Crippen molar-refractivity contribution in [3.8, 4) is 0 Å². The molecule has 0 spiro atoms. The van der Waals surface area contributed by atoms with Gasteiger partial charge in [-0.3, -0.25) is 0 Å². The molecule has 0 aromatic heterocycles. The van der Waals surface area contributed by atoms with Crippen LogP contribution in [-0.4, -0.2) is 32.6 Å². The fraction of sp³-hybridized carbons (Fsp3) is 0.278. The summed E-state index contributed by atoms with van der Waals surface area (Å²) in [6.07, 6.45) is 1.63. The summed E-state index contributed by atoms with van der Waals surface area (Å²) in [4.78, 5) is 11.6. The Morgan fingerprint density at radius 3 is 2.17 bits per heavy atom. The highest BCUT2D eigenvalue weighted by atomic mass is 32.2. The van der Waals surface area contributed by atoms with Crippen molar-refractivity contribution in [2.24, 2.45) is 5.92 Å². The molecule has 0 saturated heterocycles. The Hall–Kier alpha value is -1.98. The Labute approximate surface area is 136 Å². The van der Waals surface area contributed by atoms with Gasteiger partial charge in [-0.25, -0.2) is 12.7 Å². The molecule has 0 unspecified atom stereocenters. The average Bonchev–Trinajstić information content (AvgIpc) is 3.31. The first kappa shape index (κ1) is 15.9. The van der Waals surface area contributed by atoms with Crippen LogP contribution in [0.5, 0.6) is 0 Å². The lowest BCUT2D eigenvalue weighted by molar-refractivity contribution is -0.109. The molecule has 1 saturated carbocycles. The second-order valence-electron chi connectivity index (χ2n) is 6.04. The van der Waals surface area contributed by atoms with Crippen molar-refractivity contribution < 1.29 is 13.2 Å². The van der Waals surface area contributed by atoms with Crippen LogP contribution in [0.1, 0.15) is 12.0 Å². The molecule has 3 rings (SSSR count). The van der Waals surface area contributed by atoms with Gasteiger partial charge in [0.2, 0.25) is 10.0 Å². The molecule has 120 valence electrons. The first-order valence-electron chi connectivity index (χ1n) is 7.53. The van der Waals surface area contributed by atoms with E-state index >= 15 is 0 Å². The normalized spacial score (nSPS) is 23.7. The van der Waals surface area contributed by atoms with Crippen LogP contribution in [-0.2, 0) is 20.2 Å². The smallest absolute Gasteiger partial charge is 0.242 e. The van der Waals surface area contributed by atoms with Gasteiger partial charge in [0.25, 0.3) is 0 Å². The van der Waals surface area contributed by atoms with Crippen molar-refractivity contribution in [2.45, 2.75) is 16.7 Å². The SMILES string of the molecule is CN(C[C@@]1(c2ccccc2)C[C@@H]1C=O)S(=O)(=O)c1ccccc1. The van der Waals surface area contributed by atoms with Crippen LogP contribution in [0.15, 0.2) is 65.6 Å². The topological polar surface area (TPSA) is 54.5 Å². The summed E-state index contributed by atoms with van der Waals surface area (Å²) in [5.74, 6) is -0.127. The minimum absolute atomic E-state index is 0.127. The fourth-order valence-corrected chi connectivity index (χ4v) is 4.40. The molecule has 0 bridgehead atoms. The van der Waals surface area contributed by atoms with Gasteiger partial charge in [-0.05, 0) is 24.1 Å². The molecule has 2 aromatic rings. The summed E-state index contributed by atoms with van der Waals surface area (Å²) < 4.78 is 26.8. The van der Waals surface area contributed by atoms with Crippen molar-refractivity contribution in [1.82, 2.24) is 4.31 Å². The maximum absolute atomic E-state index is 12.7. The molecule has 0 heterocycles. The van der Waals surface area contributed by atoms with Crippen molar-refractivity contribution in [2.75, 3.05) is 13.6 Å². The third kappa shape index (κ3) is 2.82. The van der Waals surface area contributed by atoms with E-state index in [2.05, 4.69) is 0 Å². The van der Waals surface area contributed by atoms with Gasteiger partial charge < -0.3 is 4.79 Å². The zero-order chi connectivity index (χ0) is 16.5. The molecule has 1 aliphatic rings. The summed E-state index contributed by atoms with van der Waals surface area (Å²) in [5.41, 5.74) is 0.617. The standard InChI is InChI=1S/C18H19NO3S/c1-19(23(21,22)17-10-6-3-7-11-17)14-18(12-16(18)13-20)15-8-4-2-5-9-15/h2-11,13,16H,12,14H2,1H3/t16-,18-/m1/s1. The summed E-state index contributed by atoms with van der Waals surface area (Å²) in [7, 11) is -1.98. The fourth-order valence-electron chi connectivity index (χ4n) is 3.14. The zero-order valence-corrected chi connectivity index (χ0v) is 13.7. The van der Waals surface area contributed by atoms with E-state index in [1.807, 2.05) is 30.3 Å². The third-order valence-corrected chi connectivity index (χ3v) is 6.42. The first-order valence-corrected chi connectivity index (χ1v) is 8.97. The largest absolute Gasteiger partial charge is 0.303 e. The Kier molecular flexibility index (Phi) is 4.08. The first-order chi connectivity index (χ1) is 11.0. The predicted molar refractivity (Wildman–Crippen MR) is 88.5 cm³/mol. The molecule has 1 aliphatic carbocycles. The molecule has 0 amide bonds. The van der Waals surface area contributed by atoms with Crippen LogP contribution in [0.2, 0.25) is 0 Å². The lowest BCUT2D eigenvalue weighted by atomic mass is 9.93. The number of carbonyl (C=O) groups is 1. The van der Waals surface area contributed by atoms with E-state index in [1.54, 1.807) is 37.4 Å². The molecule has 2 atom stereocenters. The predicted octanol–water partition coefficient (Wildman–Crippen LogP) is 2.46. The van der Waals surface area contributed by atoms with Gasteiger partial charge in [0, 0.05) is 24.9 Å². The number of likely N-dealkylation sites (N-methyl/N-ethyl adjacent to an activating group) is 1. The highest BCUT2D eigenvalue weighted by molar-refractivity contribution is 7.89. The molecular formula is C18H19NO3S. The number of aldehydes is 1. The van der Waals surface area contributed by atoms with Crippen molar-refractivity contribution in [1.29, 1.82) is 0 Å². The number of benzene rings is 2. The number of hydrogen-bond acceptors (Lipinski definition) is 3. The number of carbonyl (C=O) groups excluding carboxylic acids is 1. The maximum atomic E-state index is 12.7. The Bertz CT molecular complexity index is 790. The van der Waals surface area contributed by atoms with E-state index in [0.717, 1.165) is 11.8 Å². The van der Waals surface area contributed by atoms with Gasteiger partial charge >= 0.3 is 0 Å². The van der Waals surface area contributed by atoms with Crippen LogP contribution in [0.25, 0.3) is 0 Å². The zero-order valence-electron chi connectivity index (χ0n) is 12.9.